The predicted octanol–water partition coefficient (Wildman–Crippen LogP) is 0.841. The van der Waals surface area contributed by atoms with Gasteiger partial charge in [-0.05, 0) is 24.3 Å². The van der Waals surface area contributed by atoms with Crippen LogP contribution in [-0.4, -0.2) is 63.9 Å². The third-order valence-electron chi connectivity index (χ3n) is 3.59. The Kier molecular flexibility index (Phi) is 7.39. The van der Waals surface area contributed by atoms with Crippen molar-refractivity contribution in [3.63, 3.8) is 0 Å². The van der Waals surface area contributed by atoms with E-state index in [9.17, 15) is 21.6 Å². The van der Waals surface area contributed by atoms with Gasteiger partial charge < -0.3 is 9.84 Å². The summed E-state index contributed by atoms with van der Waals surface area (Å²) < 4.78 is 53.8. The highest BCUT2D eigenvalue weighted by Crippen LogP contribution is 2.19. The van der Waals surface area contributed by atoms with Crippen LogP contribution in [0.2, 0.25) is 0 Å². The SMILES string of the molecule is CCS(=O)(=O)CCOc1ccc(S(=O)(=O)N(C)CC(C)C(=O)O)cc1. The van der Waals surface area contributed by atoms with Crippen molar-refractivity contribution >= 4 is 25.8 Å². The lowest BCUT2D eigenvalue weighted by molar-refractivity contribution is -0.141. The Morgan fingerprint density at radius 3 is 2.24 bits per heavy atom. The summed E-state index contributed by atoms with van der Waals surface area (Å²) in [6, 6.07) is 5.53. The summed E-state index contributed by atoms with van der Waals surface area (Å²) >= 11 is 0. The number of hydrogen-bond acceptors (Lipinski definition) is 6. The number of hydrogen-bond donors (Lipinski definition) is 1. The minimum Gasteiger partial charge on any atom is -0.493 e. The van der Waals surface area contributed by atoms with Crippen LogP contribution in [0.1, 0.15) is 13.8 Å². The summed E-state index contributed by atoms with van der Waals surface area (Å²) in [5.41, 5.74) is 0. The molecule has 142 valence electrons. The van der Waals surface area contributed by atoms with Gasteiger partial charge in [0.25, 0.3) is 0 Å². The number of carboxylic acids is 1. The molecule has 0 radical (unpaired) electrons. The van der Waals surface area contributed by atoms with Gasteiger partial charge in [0.1, 0.15) is 12.4 Å². The van der Waals surface area contributed by atoms with Gasteiger partial charge in [-0.3, -0.25) is 4.79 Å². The van der Waals surface area contributed by atoms with Crippen molar-refractivity contribution in [1.29, 1.82) is 0 Å². The minimum atomic E-state index is -3.81. The maximum Gasteiger partial charge on any atom is 0.307 e. The van der Waals surface area contributed by atoms with Gasteiger partial charge in [0.15, 0.2) is 9.84 Å². The van der Waals surface area contributed by atoms with Crippen LogP contribution in [-0.2, 0) is 24.7 Å². The Bertz CT molecular complexity index is 786. The molecule has 0 saturated carbocycles. The van der Waals surface area contributed by atoms with Crippen LogP contribution in [0, 0.1) is 5.92 Å². The molecule has 1 N–H and O–H groups in total. The highest BCUT2D eigenvalue weighted by atomic mass is 32.2. The molecular weight excluding hydrogens is 370 g/mol. The van der Waals surface area contributed by atoms with E-state index in [1.807, 2.05) is 0 Å². The molecule has 0 heterocycles. The molecule has 25 heavy (non-hydrogen) atoms. The molecule has 1 aromatic rings. The highest BCUT2D eigenvalue weighted by molar-refractivity contribution is 7.91. The molecule has 10 heteroatoms. The maximum atomic E-state index is 12.4. The van der Waals surface area contributed by atoms with E-state index >= 15 is 0 Å². The van der Waals surface area contributed by atoms with E-state index in [0.717, 1.165) is 4.31 Å². The molecule has 8 nitrogen and oxygen atoms in total. The fourth-order valence-electron chi connectivity index (χ4n) is 1.88. The molecular formula is C15H23NO7S2. The fourth-order valence-corrected chi connectivity index (χ4v) is 3.77. The minimum absolute atomic E-state index is 0.00104. The van der Waals surface area contributed by atoms with Gasteiger partial charge in [-0.2, -0.15) is 0 Å². The second-order valence-electron chi connectivity index (χ2n) is 5.58. The average Bonchev–Trinajstić information content (AvgIpc) is 2.55. The van der Waals surface area contributed by atoms with Gasteiger partial charge in [-0.25, -0.2) is 21.1 Å². The van der Waals surface area contributed by atoms with Crippen LogP contribution in [0.5, 0.6) is 5.75 Å². The van der Waals surface area contributed by atoms with Crippen molar-refractivity contribution in [2.45, 2.75) is 18.7 Å². The smallest absolute Gasteiger partial charge is 0.307 e. The van der Waals surface area contributed by atoms with E-state index in [1.54, 1.807) is 6.92 Å². The van der Waals surface area contributed by atoms with Gasteiger partial charge in [0.05, 0.1) is 16.6 Å². The molecule has 0 bridgehead atoms. The van der Waals surface area contributed by atoms with Crippen LogP contribution >= 0.6 is 0 Å². The van der Waals surface area contributed by atoms with Crippen LogP contribution in [0.3, 0.4) is 0 Å². The Hall–Kier alpha value is -1.65. The van der Waals surface area contributed by atoms with Gasteiger partial charge in [0.2, 0.25) is 10.0 Å². The van der Waals surface area contributed by atoms with Crippen LogP contribution in [0.25, 0.3) is 0 Å². The molecule has 0 saturated heterocycles. The van der Waals surface area contributed by atoms with Crippen LogP contribution < -0.4 is 4.74 Å². The molecule has 0 aliphatic carbocycles. The average molecular weight is 393 g/mol. The molecule has 0 aliphatic rings. The monoisotopic (exact) mass is 393 g/mol. The summed E-state index contributed by atoms with van der Waals surface area (Å²) in [6.45, 7) is 2.81. The van der Waals surface area contributed by atoms with E-state index in [-0.39, 0.29) is 29.6 Å². The number of aliphatic carboxylic acids is 1. The molecule has 0 aliphatic heterocycles. The van der Waals surface area contributed by atoms with E-state index < -0.39 is 31.7 Å². The van der Waals surface area contributed by atoms with Crippen molar-refractivity contribution in [2.24, 2.45) is 5.92 Å². The topological polar surface area (TPSA) is 118 Å². The number of rotatable bonds is 10. The standard InChI is InChI=1S/C15H23NO7S2/c1-4-24(19,20)10-9-23-13-5-7-14(8-6-13)25(21,22)16(3)11-12(2)15(17)18/h5-8,12H,4,9-11H2,1-3H3,(H,17,18). The Balaban J connectivity index is 2.75. The molecule has 1 rings (SSSR count). The lowest BCUT2D eigenvalue weighted by Gasteiger charge is -2.19. The zero-order chi connectivity index (χ0) is 19.3. The van der Waals surface area contributed by atoms with Gasteiger partial charge in [0, 0.05) is 19.3 Å². The predicted molar refractivity (Wildman–Crippen MR) is 92.9 cm³/mol. The molecule has 1 aromatic carbocycles. The van der Waals surface area contributed by atoms with Crippen molar-refractivity contribution in [1.82, 2.24) is 4.31 Å². The number of sulfonamides is 1. The number of sulfone groups is 1. The van der Waals surface area contributed by atoms with E-state index in [0.29, 0.717) is 5.75 Å². The summed E-state index contributed by atoms with van der Waals surface area (Å²) in [4.78, 5) is 10.9. The zero-order valence-corrected chi connectivity index (χ0v) is 16.0. The lowest BCUT2D eigenvalue weighted by Crippen LogP contribution is -2.33. The fraction of sp³-hybridized carbons (Fsp3) is 0.533. The van der Waals surface area contributed by atoms with Crippen LogP contribution in [0.4, 0.5) is 0 Å². The second kappa shape index (κ2) is 8.63. The first kappa shape index (κ1) is 21.4. The molecule has 0 spiro atoms. The quantitative estimate of drug-likeness (QED) is 0.626. The molecule has 0 amide bonds. The number of ether oxygens (including phenoxy) is 1. The third-order valence-corrected chi connectivity index (χ3v) is 7.09. The molecule has 1 atom stereocenters. The largest absolute Gasteiger partial charge is 0.493 e. The van der Waals surface area contributed by atoms with Crippen molar-refractivity contribution in [3.05, 3.63) is 24.3 Å². The number of nitrogens with zero attached hydrogens (tertiary/aromatic N) is 1. The highest BCUT2D eigenvalue weighted by Gasteiger charge is 2.24. The normalized spacial score (nSPS) is 13.6. The lowest BCUT2D eigenvalue weighted by atomic mass is 10.2. The molecule has 0 aromatic heterocycles. The van der Waals surface area contributed by atoms with Crippen LogP contribution in [0.15, 0.2) is 29.2 Å². The summed E-state index contributed by atoms with van der Waals surface area (Å²) in [5.74, 6) is -1.63. The first-order valence-corrected chi connectivity index (χ1v) is 10.9. The van der Waals surface area contributed by atoms with Gasteiger partial charge >= 0.3 is 5.97 Å². The first-order chi connectivity index (χ1) is 11.5. The second-order valence-corrected chi connectivity index (χ2v) is 10.1. The summed E-state index contributed by atoms with van der Waals surface area (Å²) in [5, 5.41) is 8.88. The molecule has 0 fully saturated rings. The van der Waals surface area contributed by atoms with E-state index in [1.165, 1.54) is 38.2 Å². The Morgan fingerprint density at radius 1 is 1.20 bits per heavy atom. The van der Waals surface area contributed by atoms with Gasteiger partial charge in [-0.1, -0.05) is 13.8 Å². The van der Waals surface area contributed by atoms with Crippen molar-refractivity contribution < 1.29 is 31.5 Å². The first-order valence-electron chi connectivity index (χ1n) is 7.62. The summed E-state index contributed by atoms with van der Waals surface area (Å²) in [6.07, 6.45) is 0. The summed E-state index contributed by atoms with van der Waals surface area (Å²) in [7, 11) is -5.63. The number of carboxylic acid groups (broad SMARTS) is 1. The van der Waals surface area contributed by atoms with E-state index in [2.05, 4.69) is 0 Å². The Morgan fingerprint density at radius 2 is 1.76 bits per heavy atom. The van der Waals surface area contributed by atoms with Gasteiger partial charge in [-0.15, -0.1) is 0 Å². The van der Waals surface area contributed by atoms with E-state index in [4.69, 9.17) is 9.84 Å². The third kappa shape index (κ3) is 6.29. The number of carbonyl (C=O) groups is 1. The zero-order valence-electron chi connectivity index (χ0n) is 14.4. The van der Waals surface area contributed by atoms with Crippen molar-refractivity contribution in [2.75, 3.05) is 31.7 Å². The maximum absolute atomic E-state index is 12.4. The Labute approximate surface area is 148 Å². The van der Waals surface area contributed by atoms with Crippen molar-refractivity contribution in [3.8, 4) is 5.75 Å². The molecule has 1 unspecified atom stereocenters. The number of benzene rings is 1.